The molecule has 0 saturated carbocycles. The van der Waals surface area contributed by atoms with E-state index >= 15 is 0 Å². The number of carbonyl (C=O) groups excluding carboxylic acids is 1. The van der Waals surface area contributed by atoms with Crippen LogP contribution in [-0.2, 0) is 16.2 Å². The average Bonchev–Trinajstić information content (AvgIpc) is 3.10. The van der Waals surface area contributed by atoms with Crippen molar-refractivity contribution in [1.82, 2.24) is 4.90 Å². The third kappa shape index (κ3) is 4.40. The summed E-state index contributed by atoms with van der Waals surface area (Å²) < 4.78 is 0. The van der Waals surface area contributed by atoms with E-state index in [0.717, 1.165) is 16.8 Å². The van der Waals surface area contributed by atoms with Gasteiger partial charge in [-0.25, -0.2) is 0 Å². The molecular weight excluding hydrogens is 336 g/mol. The number of hydrogen-bond donors (Lipinski definition) is 0. The Morgan fingerprint density at radius 3 is 2.64 bits per heavy atom. The zero-order valence-electron chi connectivity index (χ0n) is 14.2. The highest BCUT2D eigenvalue weighted by Gasteiger charge is 2.27. The molecule has 1 atom stereocenters. The lowest BCUT2D eigenvalue weighted by atomic mass is 10.0. The molecular formula is C20H21ClN2O2. The molecule has 25 heavy (non-hydrogen) atoms. The quantitative estimate of drug-likeness (QED) is 0.775. The first-order valence-electron chi connectivity index (χ1n) is 8.46. The number of oxime groups is 1. The Hall–Kier alpha value is -2.33. The van der Waals surface area contributed by atoms with Crippen LogP contribution in [0.4, 0.5) is 0 Å². The number of benzene rings is 2. The molecule has 1 aliphatic heterocycles. The Morgan fingerprint density at radius 2 is 1.92 bits per heavy atom. The van der Waals surface area contributed by atoms with E-state index in [1.165, 1.54) is 0 Å². The van der Waals surface area contributed by atoms with Gasteiger partial charge in [-0.05, 0) is 11.6 Å². The monoisotopic (exact) mass is 356 g/mol. The molecule has 1 heterocycles. The summed E-state index contributed by atoms with van der Waals surface area (Å²) in [5, 5.41) is 4.85. The van der Waals surface area contributed by atoms with Crippen molar-refractivity contribution in [3.8, 4) is 0 Å². The molecule has 3 rings (SSSR count). The summed E-state index contributed by atoms with van der Waals surface area (Å²) in [4.78, 5) is 19.7. The molecule has 130 valence electrons. The first-order valence-corrected chi connectivity index (χ1v) is 8.84. The normalized spacial score (nSPS) is 16.2. The van der Waals surface area contributed by atoms with Gasteiger partial charge in [0, 0.05) is 30.0 Å². The lowest BCUT2D eigenvalue weighted by molar-refractivity contribution is -0.133. The second kappa shape index (κ2) is 8.17. The Morgan fingerprint density at radius 1 is 1.20 bits per heavy atom. The van der Waals surface area contributed by atoms with Crippen molar-refractivity contribution in [2.45, 2.75) is 32.4 Å². The Bertz CT molecular complexity index is 761. The zero-order chi connectivity index (χ0) is 17.6. The van der Waals surface area contributed by atoms with Crippen LogP contribution >= 0.6 is 11.6 Å². The molecule has 0 radical (unpaired) electrons. The van der Waals surface area contributed by atoms with Gasteiger partial charge in [-0.15, -0.1) is 0 Å². The van der Waals surface area contributed by atoms with E-state index in [2.05, 4.69) is 5.16 Å². The van der Waals surface area contributed by atoms with E-state index in [9.17, 15) is 4.79 Å². The average molecular weight is 357 g/mol. The molecule has 1 amide bonds. The predicted molar refractivity (Wildman–Crippen MR) is 99.6 cm³/mol. The summed E-state index contributed by atoms with van der Waals surface area (Å²) in [5.41, 5.74) is 2.83. The molecule has 0 saturated heterocycles. The maximum atomic E-state index is 12.3. The number of amides is 1. The second-order valence-corrected chi connectivity index (χ2v) is 6.47. The van der Waals surface area contributed by atoms with Crippen LogP contribution in [0.1, 0.15) is 30.9 Å². The molecule has 0 unspecified atom stereocenters. The third-order valence-corrected chi connectivity index (χ3v) is 4.54. The highest BCUT2D eigenvalue weighted by atomic mass is 35.5. The molecule has 0 bridgehead atoms. The van der Waals surface area contributed by atoms with Crippen LogP contribution in [0.25, 0.3) is 0 Å². The third-order valence-electron chi connectivity index (χ3n) is 4.21. The minimum atomic E-state index is -0.148. The second-order valence-electron chi connectivity index (χ2n) is 6.06. The molecule has 0 N–H and O–H groups in total. The lowest BCUT2D eigenvalue weighted by Crippen LogP contribution is -2.36. The highest BCUT2D eigenvalue weighted by Crippen LogP contribution is 2.23. The molecule has 1 aliphatic rings. The molecule has 5 heteroatoms. The summed E-state index contributed by atoms with van der Waals surface area (Å²) in [6.07, 6.45) is 0.967. The van der Waals surface area contributed by atoms with Crippen molar-refractivity contribution in [2.75, 3.05) is 6.54 Å². The number of hydrogen-bond acceptors (Lipinski definition) is 3. The van der Waals surface area contributed by atoms with Crippen LogP contribution in [0, 0.1) is 0 Å². The van der Waals surface area contributed by atoms with Gasteiger partial charge in [0.1, 0.15) is 0 Å². The molecule has 0 aliphatic carbocycles. The predicted octanol–water partition coefficient (Wildman–Crippen LogP) is 4.27. The van der Waals surface area contributed by atoms with Crippen molar-refractivity contribution in [1.29, 1.82) is 0 Å². The highest BCUT2D eigenvalue weighted by molar-refractivity contribution is 6.34. The number of carbonyl (C=O) groups is 1. The Kier molecular flexibility index (Phi) is 5.71. The maximum Gasteiger partial charge on any atom is 0.222 e. The van der Waals surface area contributed by atoms with Crippen molar-refractivity contribution in [2.24, 2.45) is 5.16 Å². The number of rotatable bonds is 6. The van der Waals surface area contributed by atoms with Gasteiger partial charge >= 0.3 is 0 Å². The first-order chi connectivity index (χ1) is 12.2. The van der Waals surface area contributed by atoms with E-state index in [4.69, 9.17) is 16.4 Å². The van der Waals surface area contributed by atoms with Gasteiger partial charge in [0.2, 0.25) is 5.91 Å². The van der Waals surface area contributed by atoms with Crippen molar-refractivity contribution in [3.05, 3.63) is 70.7 Å². The van der Waals surface area contributed by atoms with Gasteiger partial charge < -0.3 is 9.74 Å². The lowest BCUT2D eigenvalue weighted by Gasteiger charge is -2.24. The van der Waals surface area contributed by atoms with Gasteiger partial charge in [0.25, 0.3) is 0 Å². The maximum absolute atomic E-state index is 12.3. The van der Waals surface area contributed by atoms with Gasteiger partial charge in [-0.1, -0.05) is 72.2 Å². The van der Waals surface area contributed by atoms with E-state index < -0.39 is 0 Å². The topological polar surface area (TPSA) is 41.9 Å². The Labute approximate surface area is 153 Å². The van der Waals surface area contributed by atoms with Gasteiger partial charge in [-0.2, -0.15) is 0 Å². The minimum absolute atomic E-state index is 0.110. The molecule has 2 aromatic rings. The summed E-state index contributed by atoms with van der Waals surface area (Å²) in [7, 11) is 0. The van der Waals surface area contributed by atoms with Crippen LogP contribution in [0.2, 0.25) is 5.02 Å². The summed E-state index contributed by atoms with van der Waals surface area (Å²) in [5.74, 6) is 0.110. The van der Waals surface area contributed by atoms with Crippen LogP contribution in [0.5, 0.6) is 0 Å². The van der Waals surface area contributed by atoms with Crippen LogP contribution < -0.4 is 0 Å². The number of nitrogens with zero attached hydrogens (tertiary/aromatic N) is 2. The largest absolute Gasteiger partial charge is 0.390 e. The van der Waals surface area contributed by atoms with Gasteiger partial charge in [-0.3, -0.25) is 4.79 Å². The van der Waals surface area contributed by atoms with Crippen molar-refractivity contribution in [3.63, 3.8) is 0 Å². The first kappa shape index (κ1) is 17.5. The van der Waals surface area contributed by atoms with Crippen LogP contribution in [0.15, 0.2) is 59.8 Å². The van der Waals surface area contributed by atoms with E-state index in [-0.39, 0.29) is 12.0 Å². The summed E-state index contributed by atoms with van der Waals surface area (Å²) >= 11 is 6.24. The Balaban J connectivity index is 1.66. The molecule has 4 nitrogen and oxygen atoms in total. The SMILES string of the molecule is CCC(=O)N(Cc1ccccc1)C[C@H]1CC(c2ccccc2Cl)=NO1. The fourth-order valence-corrected chi connectivity index (χ4v) is 3.15. The number of halogens is 1. The van der Waals surface area contributed by atoms with Crippen LogP contribution in [0.3, 0.4) is 0 Å². The summed E-state index contributed by atoms with van der Waals surface area (Å²) in [6, 6.07) is 17.6. The molecule has 0 spiro atoms. The fraction of sp³-hybridized carbons (Fsp3) is 0.300. The zero-order valence-corrected chi connectivity index (χ0v) is 14.9. The van der Waals surface area contributed by atoms with E-state index in [1.807, 2.05) is 66.4 Å². The standard InChI is InChI=1S/C20H21ClN2O2/c1-2-20(24)23(13-15-8-4-3-5-9-15)14-16-12-19(22-25-16)17-10-6-7-11-18(17)21/h3-11,16H,2,12-14H2,1H3/t16-/m1/s1. The van der Waals surface area contributed by atoms with Gasteiger partial charge in [0.05, 0.1) is 12.3 Å². The van der Waals surface area contributed by atoms with Gasteiger partial charge in [0.15, 0.2) is 6.10 Å². The molecule has 2 aromatic carbocycles. The summed E-state index contributed by atoms with van der Waals surface area (Å²) in [6.45, 7) is 2.97. The van der Waals surface area contributed by atoms with E-state index in [1.54, 1.807) is 0 Å². The molecule has 0 aromatic heterocycles. The minimum Gasteiger partial charge on any atom is -0.390 e. The smallest absolute Gasteiger partial charge is 0.222 e. The van der Waals surface area contributed by atoms with Crippen molar-refractivity contribution < 1.29 is 9.63 Å². The van der Waals surface area contributed by atoms with E-state index in [0.29, 0.717) is 31.0 Å². The fourth-order valence-electron chi connectivity index (χ4n) is 2.91. The van der Waals surface area contributed by atoms with Crippen molar-refractivity contribution >= 4 is 23.2 Å². The van der Waals surface area contributed by atoms with Crippen LogP contribution in [-0.4, -0.2) is 29.2 Å². The molecule has 0 fully saturated rings.